The fourth-order valence-electron chi connectivity index (χ4n) is 6.43. The van der Waals surface area contributed by atoms with Crippen molar-refractivity contribution in [3.63, 3.8) is 0 Å². The Labute approximate surface area is 222 Å². The van der Waals surface area contributed by atoms with Gasteiger partial charge in [-0.25, -0.2) is 4.39 Å². The van der Waals surface area contributed by atoms with Gasteiger partial charge in [0.15, 0.2) is 11.3 Å². The van der Waals surface area contributed by atoms with Crippen LogP contribution >= 0.6 is 0 Å². The highest BCUT2D eigenvalue weighted by molar-refractivity contribution is 6.10. The quantitative estimate of drug-likeness (QED) is 0.333. The fraction of sp³-hybridized carbons (Fsp3) is 0.355. The molecule has 6 nitrogen and oxygen atoms in total. The van der Waals surface area contributed by atoms with Crippen molar-refractivity contribution in [1.82, 2.24) is 10.1 Å². The second kappa shape index (κ2) is 10.2. The van der Waals surface area contributed by atoms with Crippen molar-refractivity contribution in [1.29, 1.82) is 0 Å². The Morgan fingerprint density at radius 1 is 1.03 bits per heavy atom. The van der Waals surface area contributed by atoms with Crippen LogP contribution in [-0.4, -0.2) is 42.1 Å². The Bertz CT molecular complexity index is 1430. The summed E-state index contributed by atoms with van der Waals surface area (Å²) < 4.78 is 18.8. The second-order valence-electron chi connectivity index (χ2n) is 10.7. The lowest BCUT2D eigenvalue weighted by Gasteiger charge is -2.52. The van der Waals surface area contributed by atoms with E-state index < -0.39 is 0 Å². The number of aromatic nitrogens is 1. The number of hydrogen-bond donors (Lipinski definition) is 1. The van der Waals surface area contributed by atoms with Crippen molar-refractivity contribution < 1.29 is 13.7 Å². The monoisotopic (exact) mass is 512 g/mol. The predicted molar refractivity (Wildman–Crippen MR) is 148 cm³/mol. The Morgan fingerprint density at radius 2 is 1.82 bits per heavy atom. The van der Waals surface area contributed by atoms with Gasteiger partial charge >= 0.3 is 0 Å². The van der Waals surface area contributed by atoms with Crippen LogP contribution in [0.15, 0.2) is 77.3 Å². The average molecular weight is 513 g/mol. The fourth-order valence-corrected chi connectivity index (χ4v) is 6.43. The van der Waals surface area contributed by atoms with E-state index in [-0.39, 0.29) is 17.3 Å². The summed E-state index contributed by atoms with van der Waals surface area (Å²) in [4.78, 5) is 18.1. The van der Waals surface area contributed by atoms with Gasteiger partial charge in [-0.1, -0.05) is 49.2 Å². The van der Waals surface area contributed by atoms with Crippen LogP contribution in [0.25, 0.3) is 11.0 Å². The maximum atomic E-state index is 13.4. The maximum absolute atomic E-state index is 13.4. The normalized spacial score (nSPS) is 22.5. The maximum Gasteiger partial charge on any atom is 0.278 e. The zero-order chi connectivity index (χ0) is 26.1. The minimum atomic E-state index is -0.272. The number of nitrogens with one attached hydrogen (secondary N) is 1. The third kappa shape index (κ3) is 4.67. The molecule has 2 heterocycles. The first kappa shape index (κ1) is 24.6. The number of piperazine rings is 1. The first-order valence-electron chi connectivity index (χ1n) is 13.5. The number of amides is 1. The van der Waals surface area contributed by atoms with Crippen LogP contribution in [0.3, 0.4) is 0 Å². The van der Waals surface area contributed by atoms with Crippen LogP contribution in [0, 0.1) is 11.7 Å². The standard InChI is InChI=1S/C31H33FN4O2/c1-22-6-5-15-31(21-22,36-18-16-35(17-19-36)26-13-11-24(32)12-14-26)23-7-4-8-25(20-23)33-30(37)29-27-9-2-3-10-28(27)38-34-29/h2-4,7-14,20,22H,5-6,15-19,21H2,1H3,(H,33,37)/t22-,31+/m1/s1. The van der Waals surface area contributed by atoms with Crippen LogP contribution in [0.2, 0.25) is 0 Å². The van der Waals surface area contributed by atoms with E-state index in [0.717, 1.165) is 50.4 Å². The summed E-state index contributed by atoms with van der Waals surface area (Å²) in [6, 6.07) is 22.5. The van der Waals surface area contributed by atoms with Crippen molar-refractivity contribution in [2.75, 3.05) is 36.4 Å². The van der Waals surface area contributed by atoms with Crippen LogP contribution < -0.4 is 10.2 Å². The molecule has 1 aromatic heterocycles. The van der Waals surface area contributed by atoms with Gasteiger partial charge < -0.3 is 14.7 Å². The number of nitrogens with zero attached hydrogens (tertiary/aromatic N) is 3. The summed E-state index contributed by atoms with van der Waals surface area (Å²) in [5, 5.41) is 7.78. The van der Waals surface area contributed by atoms with Crippen molar-refractivity contribution in [3.8, 4) is 0 Å². The number of rotatable bonds is 5. The van der Waals surface area contributed by atoms with Crippen LogP contribution in [0.5, 0.6) is 0 Å². The third-order valence-electron chi connectivity index (χ3n) is 8.30. The molecule has 2 atom stereocenters. The number of benzene rings is 3. The molecule has 0 spiro atoms. The molecule has 1 aliphatic heterocycles. The predicted octanol–water partition coefficient (Wildman–Crippen LogP) is 6.45. The van der Waals surface area contributed by atoms with Gasteiger partial charge in [0.2, 0.25) is 0 Å². The van der Waals surface area contributed by atoms with E-state index >= 15 is 0 Å². The van der Waals surface area contributed by atoms with Crippen molar-refractivity contribution >= 4 is 28.3 Å². The zero-order valence-electron chi connectivity index (χ0n) is 21.7. The summed E-state index contributed by atoms with van der Waals surface area (Å²) in [6.07, 6.45) is 4.61. The molecule has 1 aliphatic carbocycles. The van der Waals surface area contributed by atoms with Crippen LogP contribution in [0.1, 0.15) is 48.7 Å². The first-order chi connectivity index (χ1) is 18.5. The number of para-hydroxylation sites is 1. The van der Waals surface area contributed by atoms with Crippen molar-refractivity contribution in [2.45, 2.75) is 38.1 Å². The van der Waals surface area contributed by atoms with Crippen molar-refractivity contribution in [2.24, 2.45) is 5.92 Å². The molecular weight excluding hydrogens is 479 g/mol. The highest BCUT2D eigenvalue weighted by Crippen LogP contribution is 2.45. The number of anilines is 2. The van der Waals surface area contributed by atoms with Gasteiger partial charge in [-0.15, -0.1) is 0 Å². The van der Waals surface area contributed by atoms with Gasteiger partial charge in [0.05, 0.1) is 5.39 Å². The molecule has 0 unspecified atom stereocenters. The van der Waals surface area contributed by atoms with E-state index in [9.17, 15) is 9.18 Å². The number of fused-ring (bicyclic) bond motifs is 1. The Hall–Kier alpha value is -3.71. The van der Waals surface area contributed by atoms with Gasteiger partial charge in [-0.05, 0) is 72.9 Å². The molecule has 38 heavy (non-hydrogen) atoms. The number of carbonyl (C=O) groups excluding carboxylic acids is 1. The SMILES string of the molecule is C[C@@H]1CCC[C@](c2cccc(NC(=O)c3noc4ccccc34)c2)(N2CCN(c3ccc(F)cc3)CC2)C1. The third-order valence-corrected chi connectivity index (χ3v) is 8.30. The molecule has 2 fully saturated rings. The highest BCUT2D eigenvalue weighted by Gasteiger charge is 2.42. The lowest BCUT2D eigenvalue weighted by atomic mass is 9.71. The van der Waals surface area contributed by atoms with E-state index in [2.05, 4.69) is 39.3 Å². The van der Waals surface area contributed by atoms with Crippen LogP contribution in [0.4, 0.5) is 15.8 Å². The summed E-state index contributed by atoms with van der Waals surface area (Å²) in [7, 11) is 0. The average Bonchev–Trinajstić information content (AvgIpc) is 3.38. The van der Waals surface area contributed by atoms with E-state index in [1.807, 2.05) is 48.5 Å². The number of hydrogen-bond acceptors (Lipinski definition) is 5. The lowest BCUT2D eigenvalue weighted by Crippen LogP contribution is -2.57. The largest absolute Gasteiger partial charge is 0.369 e. The van der Waals surface area contributed by atoms with Gasteiger partial charge in [-0.3, -0.25) is 9.69 Å². The molecule has 196 valence electrons. The van der Waals surface area contributed by atoms with Crippen molar-refractivity contribution in [3.05, 3.63) is 89.9 Å². The minimum absolute atomic E-state index is 0.0755. The molecule has 4 aromatic rings. The summed E-state index contributed by atoms with van der Waals surface area (Å²) in [5.74, 6) is 0.149. The van der Waals surface area contributed by atoms with Gasteiger partial charge in [0.1, 0.15) is 5.82 Å². The molecule has 6 rings (SSSR count). The Kier molecular flexibility index (Phi) is 6.62. The molecule has 2 aliphatic rings. The topological polar surface area (TPSA) is 61.6 Å². The molecule has 0 radical (unpaired) electrons. The first-order valence-corrected chi connectivity index (χ1v) is 13.5. The van der Waals surface area contributed by atoms with Gasteiger partial charge in [0.25, 0.3) is 5.91 Å². The van der Waals surface area contributed by atoms with E-state index in [4.69, 9.17) is 4.52 Å². The lowest BCUT2D eigenvalue weighted by molar-refractivity contribution is 0.0243. The van der Waals surface area contributed by atoms with Gasteiger partial charge in [-0.2, -0.15) is 0 Å². The van der Waals surface area contributed by atoms with E-state index in [1.165, 1.54) is 30.5 Å². The molecule has 1 N–H and O–H groups in total. The van der Waals surface area contributed by atoms with E-state index in [1.54, 1.807) is 0 Å². The number of carbonyl (C=O) groups is 1. The minimum Gasteiger partial charge on any atom is -0.369 e. The van der Waals surface area contributed by atoms with E-state index in [0.29, 0.717) is 22.6 Å². The smallest absolute Gasteiger partial charge is 0.278 e. The molecule has 1 saturated carbocycles. The van der Waals surface area contributed by atoms with Gasteiger partial charge in [0, 0.05) is 43.1 Å². The van der Waals surface area contributed by atoms with Crippen LogP contribution in [-0.2, 0) is 5.54 Å². The number of halogens is 1. The highest BCUT2D eigenvalue weighted by atomic mass is 19.1. The molecule has 0 bridgehead atoms. The summed E-state index contributed by atoms with van der Waals surface area (Å²) in [6.45, 7) is 6.02. The zero-order valence-corrected chi connectivity index (χ0v) is 21.7. The molecule has 1 saturated heterocycles. The summed E-state index contributed by atoms with van der Waals surface area (Å²) >= 11 is 0. The molecule has 7 heteroatoms. The Morgan fingerprint density at radius 3 is 2.61 bits per heavy atom. The second-order valence-corrected chi connectivity index (χ2v) is 10.7. The molecule has 3 aromatic carbocycles. The molecule has 1 amide bonds. The Balaban J connectivity index is 1.24. The summed E-state index contributed by atoms with van der Waals surface area (Å²) in [5.41, 5.74) is 3.91. The molecular formula is C31H33FN4O2.